The summed E-state index contributed by atoms with van der Waals surface area (Å²) in [6, 6.07) is 9.07. The van der Waals surface area contributed by atoms with E-state index in [1.807, 2.05) is 0 Å². The molecule has 1 spiro atoms. The van der Waals surface area contributed by atoms with Crippen molar-refractivity contribution in [2.24, 2.45) is 11.1 Å². The fourth-order valence-corrected chi connectivity index (χ4v) is 3.75. The Balaban J connectivity index is 1.96. The smallest absolute Gasteiger partial charge is 0.0354 e. The summed E-state index contributed by atoms with van der Waals surface area (Å²) in [5, 5.41) is 0. The van der Waals surface area contributed by atoms with Gasteiger partial charge in [-0.2, -0.15) is 0 Å². The fourth-order valence-electron chi connectivity index (χ4n) is 3.75. The maximum atomic E-state index is 6.56. The predicted molar refractivity (Wildman–Crippen MR) is 67.2 cm³/mol. The van der Waals surface area contributed by atoms with E-state index in [-0.39, 0.29) is 6.04 Å². The molecule has 1 heteroatoms. The first-order chi connectivity index (χ1) is 7.82. The lowest BCUT2D eigenvalue weighted by Crippen LogP contribution is -2.40. The average Bonchev–Trinajstić information content (AvgIpc) is 2.36. The van der Waals surface area contributed by atoms with Crippen LogP contribution in [0.5, 0.6) is 0 Å². The van der Waals surface area contributed by atoms with Gasteiger partial charge in [-0.15, -0.1) is 0 Å². The maximum Gasteiger partial charge on any atom is 0.0354 e. The Morgan fingerprint density at radius 3 is 2.56 bits per heavy atom. The summed E-state index contributed by atoms with van der Waals surface area (Å²) in [6.45, 7) is 0. The molecule has 86 valence electrons. The molecule has 0 saturated heterocycles. The van der Waals surface area contributed by atoms with E-state index in [0.29, 0.717) is 5.41 Å². The van der Waals surface area contributed by atoms with Gasteiger partial charge in [0.05, 0.1) is 0 Å². The van der Waals surface area contributed by atoms with Gasteiger partial charge in [-0.1, -0.05) is 43.5 Å². The van der Waals surface area contributed by atoms with Crippen LogP contribution in [0.15, 0.2) is 24.3 Å². The average molecular weight is 215 g/mol. The van der Waals surface area contributed by atoms with E-state index in [1.165, 1.54) is 56.1 Å². The first kappa shape index (κ1) is 10.3. The third-order valence-electron chi connectivity index (χ3n) is 4.79. The lowest BCUT2D eigenvalue weighted by atomic mass is 9.61. The highest BCUT2D eigenvalue weighted by Crippen LogP contribution is 2.51. The first-order valence-corrected chi connectivity index (χ1v) is 6.65. The van der Waals surface area contributed by atoms with Gasteiger partial charge in [0.1, 0.15) is 0 Å². The normalized spacial score (nSPS) is 27.7. The standard InChI is InChI=1S/C15H21N/c16-14-13-7-3-2-6-12(13)8-11-15(14)9-4-1-5-10-15/h2-3,6-7,14H,1,4-5,8-11,16H2/t14-/m1/s1. The van der Waals surface area contributed by atoms with Crippen LogP contribution >= 0.6 is 0 Å². The van der Waals surface area contributed by atoms with Crippen LogP contribution in [0.4, 0.5) is 0 Å². The molecule has 1 aromatic carbocycles. The quantitative estimate of drug-likeness (QED) is 0.703. The van der Waals surface area contributed by atoms with Crippen molar-refractivity contribution in [2.45, 2.75) is 51.0 Å². The van der Waals surface area contributed by atoms with Crippen molar-refractivity contribution in [3.05, 3.63) is 35.4 Å². The Morgan fingerprint density at radius 1 is 1.00 bits per heavy atom. The van der Waals surface area contributed by atoms with Crippen LogP contribution in [0.3, 0.4) is 0 Å². The first-order valence-electron chi connectivity index (χ1n) is 6.65. The van der Waals surface area contributed by atoms with Gasteiger partial charge in [0, 0.05) is 6.04 Å². The number of fused-ring (bicyclic) bond motifs is 1. The van der Waals surface area contributed by atoms with Gasteiger partial charge in [0.2, 0.25) is 0 Å². The topological polar surface area (TPSA) is 26.0 Å². The molecule has 0 amide bonds. The van der Waals surface area contributed by atoms with Crippen molar-refractivity contribution in [2.75, 3.05) is 0 Å². The third kappa shape index (κ3) is 1.49. The van der Waals surface area contributed by atoms with E-state index in [0.717, 1.165) is 0 Å². The molecule has 1 fully saturated rings. The second-order valence-electron chi connectivity index (χ2n) is 5.60. The number of rotatable bonds is 0. The minimum Gasteiger partial charge on any atom is -0.323 e. The van der Waals surface area contributed by atoms with Crippen molar-refractivity contribution in [3.63, 3.8) is 0 Å². The van der Waals surface area contributed by atoms with Gasteiger partial charge in [0.25, 0.3) is 0 Å². The Morgan fingerprint density at radius 2 is 1.75 bits per heavy atom. The summed E-state index contributed by atoms with van der Waals surface area (Å²) >= 11 is 0. The van der Waals surface area contributed by atoms with Crippen LogP contribution in [0.25, 0.3) is 0 Å². The molecule has 1 saturated carbocycles. The molecular weight excluding hydrogens is 194 g/mol. The molecule has 0 bridgehead atoms. The molecule has 16 heavy (non-hydrogen) atoms. The molecule has 2 N–H and O–H groups in total. The molecule has 2 aliphatic carbocycles. The molecule has 0 aromatic heterocycles. The zero-order valence-electron chi connectivity index (χ0n) is 9.91. The Kier molecular flexibility index (Phi) is 2.51. The predicted octanol–water partition coefficient (Wildman–Crippen LogP) is 3.58. The molecule has 0 radical (unpaired) electrons. The molecule has 0 aliphatic heterocycles. The Labute approximate surface area is 98.0 Å². The van der Waals surface area contributed by atoms with Gasteiger partial charge < -0.3 is 5.73 Å². The molecule has 0 unspecified atom stereocenters. The van der Waals surface area contributed by atoms with Crippen molar-refractivity contribution >= 4 is 0 Å². The molecular formula is C15H21N. The summed E-state index contributed by atoms with van der Waals surface area (Å²) < 4.78 is 0. The summed E-state index contributed by atoms with van der Waals surface area (Å²) in [5.41, 5.74) is 9.91. The Bertz CT molecular complexity index is 377. The molecule has 1 aromatic rings. The highest BCUT2D eigenvalue weighted by atomic mass is 14.7. The number of hydrogen-bond donors (Lipinski definition) is 1. The van der Waals surface area contributed by atoms with Crippen molar-refractivity contribution < 1.29 is 0 Å². The van der Waals surface area contributed by atoms with Crippen LogP contribution in [-0.4, -0.2) is 0 Å². The SMILES string of the molecule is N[C@@H]1c2ccccc2CCC12CCCCC2. The monoisotopic (exact) mass is 215 g/mol. The third-order valence-corrected chi connectivity index (χ3v) is 4.79. The number of nitrogens with two attached hydrogens (primary N) is 1. The highest BCUT2D eigenvalue weighted by Gasteiger charge is 2.41. The highest BCUT2D eigenvalue weighted by molar-refractivity contribution is 5.34. The number of hydrogen-bond acceptors (Lipinski definition) is 1. The molecule has 0 heterocycles. The number of benzene rings is 1. The lowest BCUT2D eigenvalue weighted by Gasteiger charge is -2.46. The molecule has 2 aliphatic rings. The second kappa shape index (κ2) is 3.89. The maximum absolute atomic E-state index is 6.56. The van der Waals surface area contributed by atoms with Crippen LogP contribution in [0.2, 0.25) is 0 Å². The van der Waals surface area contributed by atoms with Crippen molar-refractivity contribution in [3.8, 4) is 0 Å². The summed E-state index contributed by atoms with van der Waals surface area (Å²) in [7, 11) is 0. The largest absolute Gasteiger partial charge is 0.323 e. The van der Waals surface area contributed by atoms with Gasteiger partial charge in [0.15, 0.2) is 0 Å². The summed E-state index contributed by atoms with van der Waals surface area (Å²) in [4.78, 5) is 0. The van der Waals surface area contributed by atoms with Gasteiger partial charge >= 0.3 is 0 Å². The van der Waals surface area contributed by atoms with Crippen LogP contribution in [-0.2, 0) is 6.42 Å². The second-order valence-corrected chi connectivity index (χ2v) is 5.60. The van der Waals surface area contributed by atoms with Crippen LogP contribution in [0.1, 0.15) is 55.7 Å². The summed E-state index contributed by atoms with van der Waals surface area (Å²) in [6.07, 6.45) is 9.43. The van der Waals surface area contributed by atoms with E-state index in [1.54, 1.807) is 0 Å². The number of aryl methyl sites for hydroxylation is 1. The lowest BCUT2D eigenvalue weighted by molar-refractivity contribution is 0.121. The van der Waals surface area contributed by atoms with E-state index >= 15 is 0 Å². The van der Waals surface area contributed by atoms with E-state index < -0.39 is 0 Å². The van der Waals surface area contributed by atoms with Crippen LogP contribution < -0.4 is 5.73 Å². The van der Waals surface area contributed by atoms with E-state index in [9.17, 15) is 0 Å². The molecule has 1 nitrogen and oxygen atoms in total. The molecule has 1 atom stereocenters. The van der Waals surface area contributed by atoms with Crippen molar-refractivity contribution in [1.82, 2.24) is 0 Å². The zero-order chi connectivity index (χ0) is 11.0. The minimum absolute atomic E-state index is 0.290. The van der Waals surface area contributed by atoms with E-state index in [2.05, 4.69) is 24.3 Å². The fraction of sp³-hybridized carbons (Fsp3) is 0.600. The Hall–Kier alpha value is -0.820. The molecule has 3 rings (SSSR count). The van der Waals surface area contributed by atoms with Crippen molar-refractivity contribution in [1.29, 1.82) is 0 Å². The minimum atomic E-state index is 0.290. The van der Waals surface area contributed by atoms with Gasteiger partial charge in [-0.25, -0.2) is 0 Å². The summed E-state index contributed by atoms with van der Waals surface area (Å²) in [5.74, 6) is 0. The van der Waals surface area contributed by atoms with Gasteiger partial charge in [-0.3, -0.25) is 0 Å². The zero-order valence-corrected chi connectivity index (χ0v) is 9.91. The van der Waals surface area contributed by atoms with Crippen LogP contribution in [0, 0.1) is 5.41 Å². The van der Waals surface area contributed by atoms with Gasteiger partial charge in [-0.05, 0) is 42.2 Å². The van der Waals surface area contributed by atoms with E-state index in [4.69, 9.17) is 5.73 Å².